The third kappa shape index (κ3) is 3.64. The van der Waals surface area contributed by atoms with Gasteiger partial charge < -0.3 is 29.5 Å². The molecule has 32 heavy (non-hydrogen) atoms. The second-order valence-corrected chi connectivity index (χ2v) is 7.75. The van der Waals surface area contributed by atoms with E-state index in [1.165, 1.54) is 26.4 Å². The van der Waals surface area contributed by atoms with Gasteiger partial charge in [0.15, 0.2) is 23.1 Å². The Morgan fingerprint density at radius 1 is 0.938 bits per heavy atom. The number of aromatic hydroxyl groups is 3. The van der Waals surface area contributed by atoms with Gasteiger partial charge in [0.2, 0.25) is 5.75 Å². The molecule has 1 aliphatic rings. The van der Waals surface area contributed by atoms with E-state index in [2.05, 4.69) is 0 Å². The van der Waals surface area contributed by atoms with Crippen LogP contribution in [0.1, 0.15) is 41.0 Å². The molecule has 2 unspecified atom stereocenters. The zero-order chi connectivity index (χ0) is 23.0. The third-order valence-corrected chi connectivity index (χ3v) is 6.01. The van der Waals surface area contributed by atoms with Crippen LogP contribution in [-0.4, -0.2) is 36.1 Å². The van der Waals surface area contributed by atoms with Crippen LogP contribution in [0.4, 0.5) is 4.39 Å². The summed E-state index contributed by atoms with van der Waals surface area (Å²) in [5.41, 5.74) is 2.96. The van der Waals surface area contributed by atoms with E-state index in [1.807, 2.05) is 13.0 Å². The molecule has 2 atom stereocenters. The van der Waals surface area contributed by atoms with Crippen LogP contribution in [0.25, 0.3) is 0 Å². The largest absolute Gasteiger partial charge is 0.508 e. The Hall–Kier alpha value is -3.61. The molecule has 3 aromatic rings. The molecule has 4 rings (SSSR count). The summed E-state index contributed by atoms with van der Waals surface area (Å²) in [6, 6.07) is 11.2. The van der Waals surface area contributed by atoms with Crippen LogP contribution in [0.5, 0.6) is 34.5 Å². The summed E-state index contributed by atoms with van der Waals surface area (Å²) in [6.07, 6.45) is 0.612. The quantitative estimate of drug-likeness (QED) is 0.527. The van der Waals surface area contributed by atoms with E-state index in [-0.39, 0.29) is 41.4 Å². The average Bonchev–Trinajstić information content (AvgIpc) is 2.80. The van der Waals surface area contributed by atoms with Gasteiger partial charge in [-0.3, -0.25) is 0 Å². The lowest BCUT2D eigenvalue weighted by molar-refractivity contribution is 0.246. The van der Waals surface area contributed by atoms with Gasteiger partial charge in [-0.1, -0.05) is 13.0 Å². The zero-order valence-electron chi connectivity index (χ0n) is 18.1. The number of fused-ring (bicyclic) bond motifs is 1. The molecule has 0 aliphatic carbocycles. The Kier molecular flexibility index (Phi) is 5.74. The fourth-order valence-corrected chi connectivity index (χ4v) is 4.32. The summed E-state index contributed by atoms with van der Waals surface area (Å²) in [7, 11) is 2.90. The van der Waals surface area contributed by atoms with Gasteiger partial charge in [-0.2, -0.15) is 0 Å². The predicted octanol–water partition coefficient (Wildman–Crippen LogP) is 4.83. The maximum Gasteiger partial charge on any atom is 0.200 e. The molecular formula is C25H25FO6. The van der Waals surface area contributed by atoms with Gasteiger partial charge in [0.1, 0.15) is 11.5 Å². The van der Waals surface area contributed by atoms with E-state index in [0.717, 1.165) is 16.7 Å². The fraction of sp³-hybridized carbons (Fsp3) is 0.280. The summed E-state index contributed by atoms with van der Waals surface area (Å²) in [5, 5.41) is 30.4. The maximum absolute atomic E-state index is 14.3. The first-order chi connectivity index (χ1) is 15.4. The topological polar surface area (TPSA) is 88.4 Å². The highest BCUT2D eigenvalue weighted by Crippen LogP contribution is 2.50. The monoisotopic (exact) mass is 440 g/mol. The lowest BCUT2D eigenvalue weighted by Crippen LogP contribution is -2.25. The molecule has 0 bridgehead atoms. The highest BCUT2D eigenvalue weighted by molar-refractivity contribution is 5.57. The number of hydrogen-bond donors (Lipinski definition) is 3. The number of phenols is 3. The van der Waals surface area contributed by atoms with Crippen LogP contribution >= 0.6 is 0 Å². The molecule has 0 saturated carbocycles. The van der Waals surface area contributed by atoms with Crippen molar-refractivity contribution in [2.24, 2.45) is 0 Å². The molecular weight excluding hydrogens is 415 g/mol. The number of halogens is 1. The molecule has 1 aliphatic heterocycles. The lowest BCUT2D eigenvalue weighted by atomic mass is 9.75. The van der Waals surface area contributed by atoms with E-state index >= 15 is 0 Å². The van der Waals surface area contributed by atoms with Gasteiger partial charge in [0.05, 0.1) is 20.8 Å². The summed E-state index contributed by atoms with van der Waals surface area (Å²) >= 11 is 0. The van der Waals surface area contributed by atoms with E-state index < -0.39 is 11.6 Å². The molecule has 0 amide bonds. The Morgan fingerprint density at radius 2 is 1.62 bits per heavy atom. The molecule has 3 aromatic carbocycles. The minimum Gasteiger partial charge on any atom is -0.508 e. The first-order valence-electron chi connectivity index (χ1n) is 10.3. The second-order valence-electron chi connectivity index (χ2n) is 7.75. The van der Waals surface area contributed by atoms with Crippen LogP contribution in [0, 0.1) is 5.82 Å². The number of hydrogen-bond acceptors (Lipinski definition) is 6. The number of aryl methyl sites for hydroxylation is 1. The molecule has 0 fully saturated rings. The van der Waals surface area contributed by atoms with Gasteiger partial charge in [0.25, 0.3) is 0 Å². The van der Waals surface area contributed by atoms with Crippen molar-refractivity contribution in [3.8, 4) is 34.5 Å². The van der Waals surface area contributed by atoms with Crippen molar-refractivity contribution < 1.29 is 33.9 Å². The molecule has 0 aromatic heterocycles. The van der Waals surface area contributed by atoms with Crippen molar-refractivity contribution in [2.45, 2.75) is 25.2 Å². The summed E-state index contributed by atoms with van der Waals surface area (Å²) in [6.45, 7) is 2.18. The molecule has 7 heteroatoms. The molecule has 0 radical (unpaired) electrons. The average molecular weight is 440 g/mol. The third-order valence-electron chi connectivity index (χ3n) is 6.01. The van der Waals surface area contributed by atoms with Crippen LogP contribution in [0.15, 0.2) is 42.5 Å². The van der Waals surface area contributed by atoms with Crippen molar-refractivity contribution in [3.63, 3.8) is 0 Å². The van der Waals surface area contributed by atoms with Gasteiger partial charge in [0, 0.05) is 23.5 Å². The van der Waals surface area contributed by atoms with Crippen molar-refractivity contribution >= 4 is 0 Å². The zero-order valence-corrected chi connectivity index (χ0v) is 18.1. The van der Waals surface area contributed by atoms with Crippen LogP contribution in [-0.2, 0) is 6.42 Å². The van der Waals surface area contributed by atoms with Gasteiger partial charge in [-0.25, -0.2) is 4.39 Å². The number of ether oxygens (including phenoxy) is 3. The summed E-state index contributed by atoms with van der Waals surface area (Å²) in [4.78, 5) is 0. The van der Waals surface area contributed by atoms with Gasteiger partial charge >= 0.3 is 0 Å². The summed E-state index contributed by atoms with van der Waals surface area (Å²) in [5.74, 6) is -0.721. The molecule has 3 N–H and O–H groups in total. The standard InChI is InChI=1S/C25H25FO6/c1-4-13-7-16-21(11-20(13)28)32-12-17(24(16)14-5-6-19(27)18(26)8-14)15-9-22(30-2)25(29)23(10-15)31-3/h5-11,17,24,27-29H,4,12H2,1-3H3. The van der Waals surface area contributed by atoms with Crippen molar-refractivity contribution in [3.05, 3.63) is 70.5 Å². The molecule has 1 heterocycles. The smallest absolute Gasteiger partial charge is 0.200 e. The van der Waals surface area contributed by atoms with Crippen LogP contribution < -0.4 is 14.2 Å². The SMILES string of the molecule is CCc1cc2c(cc1O)OCC(c1cc(OC)c(O)c(OC)c1)C2c1ccc(O)c(F)c1. The minimum absolute atomic E-state index is 0.110. The van der Waals surface area contributed by atoms with E-state index in [9.17, 15) is 19.7 Å². The fourth-order valence-electron chi connectivity index (χ4n) is 4.32. The highest BCUT2D eigenvalue weighted by Gasteiger charge is 2.35. The number of benzene rings is 3. The minimum atomic E-state index is -0.718. The Bertz CT molecular complexity index is 1130. The molecule has 6 nitrogen and oxygen atoms in total. The number of rotatable bonds is 5. The Labute approximate surface area is 185 Å². The normalized spacial score (nSPS) is 17.4. The second kappa shape index (κ2) is 8.49. The molecule has 0 saturated heterocycles. The van der Waals surface area contributed by atoms with E-state index in [1.54, 1.807) is 24.3 Å². The summed E-state index contributed by atoms with van der Waals surface area (Å²) < 4.78 is 31.0. The van der Waals surface area contributed by atoms with E-state index in [4.69, 9.17) is 14.2 Å². The number of methoxy groups -OCH3 is 2. The van der Waals surface area contributed by atoms with Gasteiger partial charge in [-0.15, -0.1) is 0 Å². The maximum atomic E-state index is 14.3. The number of phenolic OH excluding ortho intramolecular Hbond substituents is 3. The first kappa shape index (κ1) is 21.6. The van der Waals surface area contributed by atoms with Crippen LogP contribution in [0.2, 0.25) is 0 Å². The lowest BCUT2D eigenvalue weighted by Gasteiger charge is -2.35. The molecule has 0 spiro atoms. The first-order valence-corrected chi connectivity index (χ1v) is 10.3. The highest BCUT2D eigenvalue weighted by atomic mass is 19.1. The van der Waals surface area contributed by atoms with Crippen molar-refractivity contribution in [1.29, 1.82) is 0 Å². The van der Waals surface area contributed by atoms with Gasteiger partial charge in [-0.05, 0) is 53.4 Å². The van der Waals surface area contributed by atoms with Crippen LogP contribution in [0.3, 0.4) is 0 Å². The molecule has 168 valence electrons. The Morgan fingerprint density at radius 3 is 2.22 bits per heavy atom. The Balaban J connectivity index is 1.93. The van der Waals surface area contributed by atoms with Crippen molar-refractivity contribution in [2.75, 3.05) is 20.8 Å². The predicted molar refractivity (Wildman–Crippen MR) is 117 cm³/mol. The van der Waals surface area contributed by atoms with E-state index in [0.29, 0.717) is 17.7 Å². The van der Waals surface area contributed by atoms with Crippen molar-refractivity contribution in [1.82, 2.24) is 0 Å².